The maximum Gasteiger partial charge on any atom is 0.416 e. The minimum absolute atomic E-state index is 0.0661. The normalized spacial score (nSPS) is 23.6. The first-order valence-electron chi connectivity index (χ1n) is 9.98. The minimum atomic E-state index is -4.58. The van der Waals surface area contributed by atoms with Crippen molar-refractivity contribution in [1.29, 1.82) is 0 Å². The number of halogens is 3. The molecule has 1 N–H and O–H groups in total. The highest BCUT2D eigenvalue weighted by Gasteiger charge is 2.42. The molecule has 0 spiro atoms. The highest BCUT2D eigenvalue weighted by Crippen LogP contribution is 2.36. The summed E-state index contributed by atoms with van der Waals surface area (Å²) in [5, 5.41) is 2.31. The first kappa shape index (κ1) is 22.1. The van der Waals surface area contributed by atoms with Crippen LogP contribution >= 0.6 is 0 Å². The van der Waals surface area contributed by atoms with Gasteiger partial charge in [-0.25, -0.2) is 8.42 Å². The predicted molar refractivity (Wildman–Crippen MR) is 103 cm³/mol. The number of amides is 1. The lowest BCUT2D eigenvalue weighted by Crippen LogP contribution is -2.51. The maximum absolute atomic E-state index is 12.9. The number of likely N-dealkylation sites (N-methyl/N-ethyl adjacent to an activating group) is 1. The largest absolute Gasteiger partial charge is 0.416 e. The van der Waals surface area contributed by atoms with Crippen molar-refractivity contribution in [3.05, 3.63) is 29.8 Å². The Hall–Kier alpha value is -1.61. The van der Waals surface area contributed by atoms with Crippen molar-refractivity contribution in [2.75, 3.05) is 13.6 Å². The molecule has 0 heterocycles. The summed E-state index contributed by atoms with van der Waals surface area (Å²) in [6.07, 6.45) is 1.48. The van der Waals surface area contributed by atoms with Crippen molar-refractivity contribution in [3.8, 4) is 0 Å². The van der Waals surface area contributed by atoms with E-state index in [0.29, 0.717) is 18.9 Å². The molecule has 0 unspecified atom stereocenters. The Morgan fingerprint density at radius 3 is 2.45 bits per heavy atom. The fraction of sp³-hybridized carbons (Fsp3) is 0.650. The van der Waals surface area contributed by atoms with Crippen molar-refractivity contribution in [3.63, 3.8) is 0 Å². The lowest BCUT2D eigenvalue weighted by Gasteiger charge is -2.40. The molecule has 1 aromatic carbocycles. The van der Waals surface area contributed by atoms with E-state index in [1.807, 2.05) is 4.90 Å². The van der Waals surface area contributed by atoms with Crippen LogP contribution in [0.1, 0.15) is 50.5 Å². The quantitative estimate of drug-likeness (QED) is 0.748. The van der Waals surface area contributed by atoms with E-state index in [1.165, 1.54) is 12.5 Å². The second kappa shape index (κ2) is 8.63. The van der Waals surface area contributed by atoms with Gasteiger partial charge in [-0.2, -0.15) is 13.2 Å². The molecule has 2 saturated carbocycles. The fourth-order valence-corrected chi connectivity index (χ4v) is 5.96. The molecule has 9 heteroatoms. The molecule has 0 aliphatic heterocycles. The molecule has 29 heavy (non-hydrogen) atoms. The molecule has 0 bridgehead atoms. The van der Waals surface area contributed by atoms with Crippen molar-refractivity contribution in [2.24, 2.45) is 0 Å². The zero-order valence-electron chi connectivity index (χ0n) is 16.4. The van der Waals surface area contributed by atoms with Gasteiger partial charge in [0.2, 0.25) is 5.91 Å². The molecule has 2 fully saturated rings. The topological polar surface area (TPSA) is 66.5 Å². The van der Waals surface area contributed by atoms with Gasteiger partial charge in [-0.3, -0.25) is 9.69 Å². The minimum Gasteiger partial charge on any atom is -0.352 e. The number of alkyl halides is 3. The van der Waals surface area contributed by atoms with E-state index in [0.717, 1.165) is 37.8 Å². The van der Waals surface area contributed by atoms with Gasteiger partial charge in [0.15, 0.2) is 9.84 Å². The Balaban J connectivity index is 1.53. The van der Waals surface area contributed by atoms with Gasteiger partial charge < -0.3 is 5.32 Å². The number of carbonyl (C=O) groups excluding carboxylic acids is 1. The van der Waals surface area contributed by atoms with Gasteiger partial charge in [-0.05, 0) is 50.9 Å². The van der Waals surface area contributed by atoms with E-state index in [4.69, 9.17) is 0 Å². The van der Waals surface area contributed by atoms with Gasteiger partial charge >= 0.3 is 6.18 Å². The fourth-order valence-electron chi connectivity index (χ4n) is 4.07. The molecule has 0 radical (unpaired) electrons. The third-order valence-electron chi connectivity index (χ3n) is 5.99. The van der Waals surface area contributed by atoms with Gasteiger partial charge in [0.1, 0.15) is 0 Å². The van der Waals surface area contributed by atoms with E-state index in [1.54, 1.807) is 7.05 Å². The number of nitrogens with one attached hydrogen (secondary N) is 1. The molecule has 3 rings (SSSR count). The summed E-state index contributed by atoms with van der Waals surface area (Å²) in [6, 6.07) is 4.04. The van der Waals surface area contributed by atoms with Gasteiger partial charge in [-0.1, -0.05) is 25.3 Å². The lowest BCUT2D eigenvalue weighted by atomic mass is 9.91. The van der Waals surface area contributed by atoms with Gasteiger partial charge in [0.25, 0.3) is 0 Å². The Kier molecular flexibility index (Phi) is 6.57. The molecule has 162 valence electrons. The lowest BCUT2D eigenvalue weighted by molar-refractivity contribution is -0.137. The Morgan fingerprint density at radius 1 is 1.17 bits per heavy atom. The summed E-state index contributed by atoms with van der Waals surface area (Å²) >= 11 is 0. The highest BCUT2D eigenvalue weighted by molar-refractivity contribution is 7.92. The molecule has 2 aliphatic rings. The number of nitrogens with zero attached hydrogens (tertiary/aromatic N) is 1. The van der Waals surface area contributed by atoms with Gasteiger partial charge in [-0.15, -0.1) is 0 Å². The molecule has 0 saturated heterocycles. The van der Waals surface area contributed by atoms with E-state index in [9.17, 15) is 26.4 Å². The summed E-state index contributed by atoms with van der Waals surface area (Å²) in [4.78, 5) is 13.8. The number of sulfone groups is 1. The number of hydrogen-bond donors (Lipinski definition) is 1. The van der Waals surface area contributed by atoms with Crippen molar-refractivity contribution >= 4 is 15.7 Å². The zero-order valence-corrected chi connectivity index (χ0v) is 17.2. The van der Waals surface area contributed by atoms with Crippen LogP contribution in [0.25, 0.3) is 0 Å². The number of carbonyl (C=O) groups is 1. The Labute approximate surface area is 169 Å². The summed E-state index contributed by atoms with van der Waals surface area (Å²) in [7, 11) is -2.05. The molecular formula is C20H27F3N2O3S. The molecule has 0 atom stereocenters. The van der Waals surface area contributed by atoms with Crippen molar-refractivity contribution in [1.82, 2.24) is 10.2 Å². The first-order chi connectivity index (χ1) is 13.6. The van der Waals surface area contributed by atoms with E-state index >= 15 is 0 Å². The van der Waals surface area contributed by atoms with Crippen LogP contribution in [0, 0.1) is 0 Å². The summed E-state index contributed by atoms with van der Waals surface area (Å²) < 4.78 is 64.0. The Morgan fingerprint density at radius 2 is 1.83 bits per heavy atom. The van der Waals surface area contributed by atoms with Crippen LogP contribution < -0.4 is 5.32 Å². The SMILES string of the molecule is CN(CC(=O)NC1CCCCC1)C1CC(S(=O)(=O)c2cccc(C(F)(F)F)c2)C1. The summed E-state index contributed by atoms with van der Waals surface area (Å²) in [5.74, 6) is -0.0661. The van der Waals surface area contributed by atoms with Crippen molar-refractivity contribution < 1.29 is 26.4 Å². The monoisotopic (exact) mass is 432 g/mol. The summed E-state index contributed by atoms with van der Waals surface area (Å²) in [6.45, 7) is 0.192. The number of rotatable bonds is 6. The van der Waals surface area contributed by atoms with Crippen LogP contribution in [0.3, 0.4) is 0 Å². The standard InChI is InChI=1S/C20H27F3N2O3S/c1-25(13-19(26)24-15-7-3-2-4-8-15)16-11-18(12-16)29(27,28)17-9-5-6-14(10-17)20(21,22)23/h5-6,9-10,15-16,18H,2-4,7-8,11-13H2,1H3,(H,24,26). The molecule has 2 aliphatic carbocycles. The van der Waals surface area contributed by atoms with Crippen LogP contribution in [0.5, 0.6) is 0 Å². The molecule has 1 aromatic rings. The highest BCUT2D eigenvalue weighted by atomic mass is 32.2. The van der Waals surface area contributed by atoms with Crippen LogP contribution in [-0.4, -0.2) is 50.2 Å². The molecule has 1 amide bonds. The van der Waals surface area contributed by atoms with E-state index in [-0.39, 0.29) is 29.4 Å². The zero-order chi connectivity index (χ0) is 21.2. The Bertz CT molecular complexity index is 830. The number of hydrogen-bond acceptors (Lipinski definition) is 4. The smallest absolute Gasteiger partial charge is 0.352 e. The molecule has 5 nitrogen and oxygen atoms in total. The third-order valence-corrected chi connectivity index (χ3v) is 8.16. The van der Waals surface area contributed by atoms with E-state index in [2.05, 4.69) is 5.32 Å². The van der Waals surface area contributed by atoms with Crippen LogP contribution in [-0.2, 0) is 20.8 Å². The van der Waals surface area contributed by atoms with Crippen LogP contribution in [0.15, 0.2) is 29.2 Å². The summed E-state index contributed by atoms with van der Waals surface area (Å²) in [5.41, 5.74) is -0.967. The average molecular weight is 433 g/mol. The maximum atomic E-state index is 12.9. The van der Waals surface area contributed by atoms with Crippen molar-refractivity contribution in [2.45, 2.75) is 73.4 Å². The van der Waals surface area contributed by atoms with Crippen LogP contribution in [0.4, 0.5) is 13.2 Å². The molecule has 0 aromatic heterocycles. The second-order valence-electron chi connectivity index (χ2n) is 8.14. The first-order valence-corrected chi connectivity index (χ1v) is 11.5. The van der Waals surface area contributed by atoms with Crippen LogP contribution in [0.2, 0.25) is 0 Å². The predicted octanol–water partition coefficient (Wildman–Crippen LogP) is 3.39. The van der Waals surface area contributed by atoms with Gasteiger partial charge in [0, 0.05) is 12.1 Å². The number of benzene rings is 1. The average Bonchev–Trinajstić information content (AvgIpc) is 2.60. The third kappa shape index (κ3) is 5.31. The van der Waals surface area contributed by atoms with E-state index < -0.39 is 26.8 Å². The van der Waals surface area contributed by atoms with Gasteiger partial charge in [0.05, 0.1) is 22.3 Å². The molecular weight excluding hydrogens is 405 g/mol. The second-order valence-corrected chi connectivity index (χ2v) is 10.4.